The molecule has 1 rings (SSSR count). The van der Waals surface area contributed by atoms with Crippen LogP contribution in [0.5, 0.6) is 0 Å². The van der Waals surface area contributed by atoms with E-state index >= 15 is 0 Å². The molecule has 0 unspecified atom stereocenters. The Morgan fingerprint density at radius 3 is 2.69 bits per heavy atom. The topological polar surface area (TPSA) is 98.0 Å². The molecule has 7 nitrogen and oxygen atoms in total. The van der Waals surface area contributed by atoms with E-state index < -0.39 is 16.3 Å². The maximum Gasteiger partial charge on any atom is 0.389 e. The van der Waals surface area contributed by atoms with Crippen molar-refractivity contribution in [3.8, 4) is 0 Å². The van der Waals surface area contributed by atoms with Crippen molar-refractivity contribution in [2.45, 2.75) is 0 Å². The van der Waals surface area contributed by atoms with Crippen molar-refractivity contribution >= 4 is 6.08 Å². The molecule has 0 bridgehead atoms. The third-order valence-electron chi connectivity index (χ3n) is 1.37. The molecule has 0 radical (unpaired) electrons. The largest absolute Gasteiger partial charge is 0.389 e. The number of H-pyrrole nitrogens is 1. The van der Waals surface area contributed by atoms with Crippen LogP contribution in [0, 0.1) is 10.1 Å². The van der Waals surface area contributed by atoms with Crippen LogP contribution < -0.4 is 11.2 Å². The van der Waals surface area contributed by atoms with Crippen LogP contribution in [0.2, 0.25) is 0 Å². The summed E-state index contributed by atoms with van der Waals surface area (Å²) in [5, 5.41) is 9.14. The maximum atomic E-state index is 11.1. The Bertz CT molecular complexity index is 470. The van der Waals surface area contributed by atoms with Gasteiger partial charge in [0.15, 0.2) is 5.03 Å². The van der Waals surface area contributed by atoms with Crippen molar-refractivity contribution < 1.29 is 5.03 Å². The molecule has 0 aliphatic heterocycles. The number of hydrogen-bond acceptors (Lipinski definition) is 4. The average molecular weight is 183 g/mol. The fraction of sp³-hybridized carbons (Fsp3) is 0. The Morgan fingerprint density at radius 1 is 1.62 bits per heavy atom. The highest BCUT2D eigenvalue weighted by Gasteiger charge is 2.13. The Hall–Kier alpha value is -2.18. The van der Waals surface area contributed by atoms with Gasteiger partial charge in [-0.2, -0.15) is 0 Å². The molecular formula is C6H5N3O4. The van der Waals surface area contributed by atoms with Gasteiger partial charge < -0.3 is 4.98 Å². The highest BCUT2D eigenvalue weighted by Crippen LogP contribution is 1.85. The summed E-state index contributed by atoms with van der Waals surface area (Å²) in [7, 11) is 0. The third-order valence-corrected chi connectivity index (χ3v) is 1.37. The summed E-state index contributed by atoms with van der Waals surface area (Å²) in [6.07, 6.45) is 2.19. The van der Waals surface area contributed by atoms with Crippen molar-refractivity contribution in [3.63, 3.8) is 0 Å². The first-order valence-electron chi connectivity index (χ1n) is 3.19. The smallest absolute Gasteiger partial charge is 0.309 e. The van der Waals surface area contributed by atoms with E-state index in [-0.39, 0.29) is 10.2 Å². The first-order chi connectivity index (χ1) is 6.07. The quantitative estimate of drug-likeness (QED) is 0.480. The summed E-state index contributed by atoms with van der Waals surface area (Å²) in [6.45, 7) is 3.26. The van der Waals surface area contributed by atoms with E-state index in [0.717, 1.165) is 12.3 Å². The zero-order valence-corrected chi connectivity index (χ0v) is 6.39. The predicted octanol–water partition coefficient (Wildman–Crippen LogP) is -0.781. The number of aromatic nitrogens is 2. The molecule has 0 saturated carbocycles. The maximum absolute atomic E-state index is 11.1. The van der Waals surface area contributed by atoms with E-state index in [1.807, 2.05) is 4.98 Å². The number of rotatable bonds is 2. The molecule has 0 saturated heterocycles. The Balaban J connectivity index is 3.68. The number of aromatic amines is 1. The average Bonchev–Trinajstić information content (AvgIpc) is 2.04. The second-order valence-corrected chi connectivity index (χ2v) is 2.11. The van der Waals surface area contributed by atoms with Gasteiger partial charge in [-0.3, -0.25) is 4.79 Å². The van der Waals surface area contributed by atoms with Crippen LogP contribution in [0.1, 0.15) is 5.56 Å². The van der Waals surface area contributed by atoms with Crippen molar-refractivity contribution in [2.24, 2.45) is 0 Å². The van der Waals surface area contributed by atoms with Crippen LogP contribution in [0.15, 0.2) is 22.4 Å². The van der Waals surface area contributed by atoms with Crippen LogP contribution >= 0.6 is 0 Å². The predicted molar refractivity (Wildman–Crippen MR) is 43.8 cm³/mol. The van der Waals surface area contributed by atoms with E-state index in [9.17, 15) is 19.7 Å². The van der Waals surface area contributed by atoms with Gasteiger partial charge in [0.1, 0.15) is 0 Å². The summed E-state index contributed by atoms with van der Waals surface area (Å²) in [5.41, 5.74) is -2.11. The normalized spacial score (nSPS) is 9.54. The van der Waals surface area contributed by atoms with E-state index in [1.54, 1.807) is 0 Å². The molecule has 7 heteroatoms. The molecule has 0 aliphatic rings. The van der Waals surface area contributed by atoms with Gasteiger partial charge in [0, 0.05) is 10.9 Å². The number of nitro groups is 1. The summed E-state index contributed by atoms with van der Waals surface area (Å²) in [5.74, 6) is 0. The van der Waals surface area contributed by atoms with Gasteiger partial charge in [-0.05, 0) is 0 Å². The minimum atomic E-state index is -1.09. The molecule has 0 fully saturated rings. The molecule has 68 valence electrons. The van der Waals surface area contributed by atoms with E-state index in [1.165, 1.54) is 0 Å². The van der Waals surface area contributed by atoms with Crippen molar-refractivity contribution in [1.82, 2.24) is 9.66 Å². The van der Waals surface area contributed by atoms with Crippen molar-refractivity contribution in [3.05, 3.63) is 49.3 Å². The first-order valence-corrected chi connectivity index (χ1v) is 3.19. The van der Waals surface area contributed by atoms with Gasteiger partial charge in [-0.1, -0.05) is 12.7 Å². The zero-order valence-electron chi connectivity index (χ0n) is 6.39. The Morgan fingerprint density at radius 2 is 2.23 bits per heavy atom. The minimum Gasteiger partial charge on any atom is -0.309 e. The number of hydrogen-bond donors (Lipinski definition) is 1. The molecule has 1 aromatic rings. The monoisotopic (exact) mass is 183 g/mol. The Labute approximate surface area is 71.1 Å². The standard InChI is InChI=1S/C6H5N3O4/c1-2-4-3-7-6(11)8(5(4)10)9(12)13/h2-3H,1H2,(H,7,11). The highest BCUT2D eigenvalue weighted by molar-refractivity contribution is 5.42. The zero-order chi connectivity index (χ0) is 10.0. The highest BCUT2D eigenvalue weighted by atomic mass is 16.7. The molecule has 0 amide bonds. The molecular weight excluding hydrogens is 178 g/mol. The van der Waals surface area contributed by atoms with E-state index in [2.05, 4.69) is 6.58 Å². The summed E-state index contributed by atoms with van der Waals surface area (Å²) < 4.78 is -0.114. The number of nitrogens with one attached hydrogen (secondary N) is 1. The molecule has 13 heavy (non-hydrogen) atoms. The minimum absolute atomic E-state index is 0.0312. The second-order valence-electron chi connectivity index (χ2n) is 2.11. The molecule has 0 aromatic carbocycles. The van der Waals surface area contributed by atoms with Gasteiger partial charge in [-0.25, -0.2) is 14.9 Å². The molecule has 0 spiro atoms. The lowest BCUT2D eigenvalue weighted by Crippen LogP contribution is -2.40. The van der Waals surface area contributed by atoms with E-state index in [4.69, 9.17) is 0 Å². The molecule has 1 N–H and O–H groups in total. The summed E-state index contributed by atoms with van der Waals surface area (Å²) in [4.78, 5) is 34.1. The lowest BCUT2D eigenvalue weighted by molar-refractivity contribution is -0.548. The first kappa shape index (κ1) is 8.91. The van der Waals surface area contributed by atoms with E-state index in [0.29, 0.717) is 0 Å². The van der Waals surface area contributed by atoms with Crippen LogP contribution in [0.3, 0.4) is 0 Å². The molecule has 1 heterocycles. The molecule has 0 atom stereocenters. The Kier molecular flexibility index (Phi) is 2.09. The lowest BCUT2D eigenvalue weighted by Gasteiger charge is -1.93. The number of nitrogens with zero attached hydrogens (tertiary/aromatic N) is 2. The fourth-order valence-electron chi connectivity index (χ4n) is 0.771. The van der Waals surface area contributed by atoms with Gasteiger partial charge in [0.05, 0.1) is 5.56 Å². The summed E-state index contributed by atoms with van der Waals surface area (Å²) in [6, 6.07) is 0. The SMILES string of the molecule is C=Cc1c[nH]c(=O)n([N+](=O)[O-])c1=O. The van der Waals surface area contributed by atoms with Gasteiger partial charge in [-0.15, -0.1) is 0 Å². The van der Waals surface area contributed by atoms with Gasteiger partial charge in [0.2, 0.25) is 0 Å². The fourth-order valence-corrected chi connectivity index (χ4v) is 0.771. The second kappa shape index (κ2) is 3.05. The van der Waals surface area contributed by atoms with Crippen LogP contribution in [0.25, 0.3) is 6.08 Å². The van der Waals surface area contributed by atoms with Crippen LogP contribution in [-0.4, -0.2) is 14.7 Å². The third kappa shape index (κ3) is 1.39. The molecule has 0 aliphatic carbocycles. The molecule has 1 aromatic heterocycles. The van der Waals surface area contributed by atoms with Gasteiger partial charge >= 0.3 is 11.2 Å². The van der Waals surface area contributed by atoms with Crippen molar-refractivity contribution in [1.29, 1.82) is 0 Å². The van der Waals surface area contributed by atoms with Crippen molar-refractivity contribution in [2.75, 3.05) is 0 Å². The summed E-state index contributed by atoms with van der Waals surface area (Å²) >= 11 is 0. The van der Waals surface area contributed by atoms with Crippen LogP contribution in [0.4, 0.5) is 0 Å². The van der Waals surface area contributed by atoms with Gasteiger partial charge in [0.25, 0.3) is 0 Å². The van der Waals surface area contributed by atoms with Crippen LogP contribution in [-0.2, 0) is 0 Å². The lowest BCUT2D eigenvalue weighted by atomic mass is 10.3.